The molecule has 1 amide bonds. The third-order valence-electron chi connectivity index (χ3n) is 4.12. The molecule has 1 saturated heterocycles. The number of hydrogen-bond donors (Lipinski definition) is 0. The molecule has 3 rings (SSSR count). The number of amides is 1. The van der Waals surface area contributed by atoms with Gasteiger partial charge in [-0.3, -0.25) is 4.79 Å². The highest BCUT2D eigenvalue weighted by Crippen LogP contribution is 2.20. The van der Waals surface area contributed by atoms with Crippen LogP contribution in [0.15, 0.2) is 49.1 Å². The lowest BCUT2D eigenvalue weighted by molar-refractivity contribution is -0.0898. The molecule has 0 saturated carbocycles. The van der Waals surface area contributed by atoms with Crippen LogP contribution in [0, 0.1) is 0 Å². The number of ether oxygens (including phenoxy) is 3. The van der Waals surface area contributed by atoms with Crippen molar-refractivity contribution < 1.29 is 19.0 Å². The third kappa shape index (κ3) is 4.32. The Bertz CT molecular complexity index is 683. The molecule has 0 radical (unpaired) electrons. The van der Waals surface area contributed by atoms with E-state index in [1.54, 1.807) is 12.0 Å². The normalized spacial score (nSPS) is 20.8. The first-order valence-corrected chi connectivity index (χ1v) is 8.07. The molecule has 0 N–H and O–H groups in total. The van der Waals surface area contributed by atoms with E-state index in [-0.39, 0.29) is 12.5 Å². The Morgan fingerprint density at radius 1 is 1.28 bits per heavy atom. The van der Waals surface area contributed by atoms with Gasteiger partial charge in [0.2, 0.25) is 0 Å². The van der Waals surface area contributed by atoms with Gasteiger partial charge in [0.05, 0.1) is 25.3 Å². The SMILES string of the molecule is CO[C@]1(COc2ccccc2)COCCN(C(=O)c2cncnc2)C1. The highest BCUT2D eigenvalue weighted by molar-refractivity contribution is 5.93. The molecule has 2 heterocycles. The van der Waals surface area contributed by atoms with Crippen LogP contribution in [0.3, 0.4) is 0 Å². The fourth-order valence-corrected chi connectivity index (χ4v) is 2.67. The molecule has 7 heteroatoms. The number of rotatable bonds is 5. The van der Waals surface area contributed by atoms with Crippen molar-refractivity contribution in [3.8, 4) is 5.75 Å². The maximum Gasteiger partial charge on any atom is 0.257 e. The van der Waals surface area contributed by atoms with Crippen LogP contribution in [0.25, 0.3) is 0 Å². The largest absolute Gasteiger partial charge is 0.490 e. The van der Waals surface area contributed by atoms with E-state index < -0.39 is 5.60 Å². The number of para-hydroxylation sites is 1. The standard InChI is InChI=1S/C18H21N3O4/c1-23-18(13-25-16-5-3-2-4-6-16)11-21(7-8-24-12-18)17(22)15-9-19-14-20-10-15/h2-6,9-10,14H,7-8,11-13H2,1H3/t18-/m0/s1. The Labute approximate surface area is 146 Å². The quantitative estimate of drug-likeness (QED) is 0.817. The van der Waals surface area contributed by atoms with Crippen LogP contribution in [0.5, 0.6) is 5.75 Å². The van der Waals surface area contributed by atoms with Crippen molar-refractivity contribution in [2.45, 2.75) is 5.60 Å². The molecule has 1 aromatic carbocycles. The lowest BCUT2D eigenvalue weighted by atomic mass is 10.1. The summed E-state index contributed by atoms with van der Waals surface area (Å²) in [6.45, 7) is 1.91. The topological polar surface area (TPSA) is 73.8 Å². The first-order chi connectivity index (χ1) is 12.2. The number of aromatic nitrogens is 2. The van der Waals surface area contributed by atoms with Gasteiger partial charge < -0.3 is 19.1 Å². The molecule has 0 bridgehead atoms. The molecule has 132 valence electrons. The summed E-state index contributed by atoms with van der Waals surface area (Å²) in [5.74, 6) is 0.602. The van der Waals surface area contributed by atoms with Crippen LogP contribution < -0.4 is 4.74 Å². The van der Waals surface area contributed by atoms with Gasteiger partial charge in [-0.05, 0) is 12.1 Å². The van der Waals surface area contributed by atoms with E-state index in [1.807, 2.05) is 30.3 Å². The Hall–Kier alpha value is -2.51. The summed E-state index contributed by atoms with van der Waals surface area (Å²) < 4.78 is 17.3. The van der Waals surface area contributed by atoms with E-state index in [9.17, 15) is 4.79 Å². The zero-order chi connectivity index (χ0) is 17.5. The Morgan fingerprint density at radius 2 is 2.04 bits per heavy atom. The molecule has 25 heavy (non-hydrogen) atoms. The lowest BCUT2D eigenvalue weighted by Gasteiger charge is -2.33. The number of carbonyl (C=O) groups excluding carboxylic acids is 1. The highest BCUT2D eigenvalue weighted by atomic mass is 16.6. The van der Waals surface area contributed by atoms with Gasteiger partial charge in [0.15, 0.2) is 0 Å². The van der Waals surface area contributed by atoms with E-state index in [0.717, 1.165) is 5.75 Å². The first kappa shape index (κ1) is 17.3. The molecule has 1 atom stereocenters. The second-order valence-corrected chi connectivity index (χ2v) is 5.90. The minimum atomic E-state index is -0.738. The van der Waals surface area contributed by atoms with Crippen molar-refractivity contribution >= 4 is 5.91 Å². The summed E-state index contributed by atoms with van der Waals surface area (Å²) in [4.78, 5) is 22.2. The van der Waals surface area contributed by atoms with Gasteiger partial charge in [0.1, 0.15) is 24.3 Å². The Kier molecular flexibility index (Phi) is 5.57. The van der Waals surface area contributed by atoms with Crippen molar-refractivity contribution in [1.29, 1.82) is 0 Å². The molecule has 0 spiro atoms. The highest BCUT2D eigenvalue weighted by Gasteiger charge is 2.38. The van der Waals surface area contributed by atoms with Gasteiger partial charge >= 0.3 is 0 Å². The van der Waals surface area contributed by atoms with Crippen molar-refractivity contribution in [1.82, 2.24) is 14.9 Å². The second kappa shape index (κ2) is 8.04. The molecule has 0 aliphatic carbocycles. The van der Waals surface area contributed by atoms with Gasteiger partial charge in [-0.15, -0.1) is 0 Å². The van der Waals surface area contributed by atoms with Crippen molar-refractivity contribution in [2.24, 2.45) is 0 Å². The fourth-order valence-electron chi connectivity index (χ4n) is 2.67. The molecule has 1 aliphatic heterocycles. The van der Waals surface area contributed by atoms with Crippen LogP contribution >= 0.6 is 0 Å². The summed E-state index contributed by atoms with van der Waals surface area (Å²) in [6.07, 6.45) is 4.42. The van der Waals surface area contributed by atoms with E-state index in [1.165, 1.54) is 18.7 Å². The van der Waals surface area contributed by atoms with Gasteiger partial charge in [-0.2, -0.15) is 0 Å². The zero-order valence-electron chi connectivity index (χ0n) is 14.1. The molecule has 1 aliphatic rings. The second-order valence-electron chi connectivity index (χ2n) is 5.90. The van der Waals surface area contributed by atoms with E-state index in [0.29, 0.717) is 31.9 Å². The summed E-state index contributed by atoms with van der Waals surface area (Å²) in [5.41, 5.74) is -0.296. The molecular weight excluding hydrogens is 322 g/mol. The number of nitrogens with zero attached hydrogens (tertiary/aromatic N) is 3. The zero-order valence-corrected chi connectivity index (χ0v) is 14.1. The van der Waals surface area contributed by atoms with Crippen molar-refractivity contribution in [3.05, 3.63) is 54.6 Å². The van der Waals surface area contributed by atoms with E-state index in [2.05, 4.69) is 9.97 Å². The monoisotopic (exact) mass is 343 g/mol. The number of methoxy groups -OCH3 is 1. The molecule has 1 aromatic heterocycles. The molecular formula is C18H21N3O4. The summed E-state index contributed by atoms with van der Waals surface area (Å²) >= 11 is 0. The predicted molar refractivity (Wildman–Crippen MR) is 90.4 cm³/mol. The lowest BCUT2D eigenvalue weighted by Crippen LogP contribution is -2.51. The molecule has 0 unspecified atom stereocenters. The predicted octanol–water partition coefficient (Wildman–Crippen LogP) is 1.41. The van der Waals surface area contributed by atoms with Crippen LogP contribution in [0.4, 0.5) is 0 Å². The maximum atomic E-state index is 12.7. The minimum absolute atomic E-state index is 0.146. The van der Waals surface area contributed by atoms with Crippen molar-refractivity contribution in [2.75, 3.05) is 40.0 Å². The summed E-state index contributed by atoms with van der Waals surface area (Å²) in [6, 6.07) is 9.50. The maximum absolute atomic E-state index is 12.7. The van der Waals surface area contributed by atoms with E-state index in [4.69, 9.17) is 14.2 Å². The smallest absolute Gasteiger partial charge is 0.257 e. The Balaban J connectivity index is 1.73. The Morgan fingerprint density at radius 3 is 2.76 bits per heavy atom. The molecule has 1 fully saturated rings. The van der Waals surface area contributed by atoms with Crippen LogP contribution in [0.1, 0.15) is 10.4 Å². The number of benzene rings is 1. The summed E-state index contributed by atoms with van der Waals surface area (Å²) in [7, 11) is 1.61. The molecule has 2 aromatic rings. The van der Waals surface area contributed by atoms with Gasteiger partial charge in [-0.25, -0.2) is 9.97 Å². The van der Waals surface area contributed by atoms with Crippen LogP contribution in [0.2, 0.25) is 0 Å². The average molecular weight is 343 g/mol. The third-order valence-corrected chi connectivity index (χ3v) is 4.12. The minimum Gasteiger partial charge on any atom is -0.490 e. The van der Waals surface area contributed by atoms with Gasteiger partial charge in [0, 0.05) is 26.0 Å². The number of carbonyl (C=O) groups is 1. The molecule has 7 nitrogen and oxygen atoms in total. The fraction of sp³-hybridized carbons (Fsp3) is 0.389. The average Bonchev–Trinajstić information content (AvgIpc) is 2.91. The summed E-state index contributed by atoms with van der Waals surface area (Å²) in [5, 5.41) is 0. The number of hydrogen-bond acceptors (Lipinski definition) is 6. The van der Waals surface area contributed by atoms with E-state index >= 15 is 0 Å². The van der Waals surface area contributed by atoms with Crippen molar-refractivity contribution in [3.63, 3.8) is 0 Å². The van der Waals surface area contributed by atoms with Gasteiger partial charge in [0.25, 0.3) is 5.91 Å². The van der Waals surface area contributed by atoms with Crippen LogP contribution in [-0.2, 0) is 9.47 Å². The van der Waals surface area contributed by atoms with Crippen LogP contribution in [-0.4, -0.2) is 66.4 Å². The first-order valence-electron chi connectivity index (χ1n) is 8.07. The van der Waals surface area contributed by atoms with Gasteiger partial charge in [-0.1, -0.05) is 18.2 Å².